The Morgan fingerprint density at radius 3 is 1.96 bits per heavy atom. The lowest BCUT2D eigenvalue weighted by atomic mass is 9.74. The summed E-state index contributed by atoms with van der Waals surface area (Å²) in [5.74, 6) is 2.02. The molecule has 1 N–H and O–H groups in total. The molecule has 1 heterocycles. The van der Waals surface area contributed by atoms with Gasteiger partial charge in [0.1, 0.15) is 11.5 Å². The van der Waals surface area contributed by atoms with Crippen molar-refractivity contribution in [2.45, 2.75) is 58.0 Å². The number of carbonyl (C=O) groups is 1. The predicted octanol–water partition coefficient (Wildman–Crippen LogP) is 6.26. The molecule has 1 saturated heterocycles. The molecular formula is C23H28ClNO2. The summed E-state index contributed by atoms with van der Waals surface area (Å²) >= 11 is 5.89. The van der Waals surface area contributed by atoms with Crippen molar-refractivity contribution < 1.29 is 9.53 Å². The second-order valence-electron chi connectivity index (χ2n) is 8.87. The zero-order valence-corrected chi connectivity index (χ0v) is 17.3. The van der Waals surface area contributed by atoms with E-state index in [1.165, 1.54) is 0 Å². The summed E-state index contributed by atoms with van der Waals surface area (Å²) in [6.45, 7) is 8.87. The second kappa shape index (κ2) is 7.65. The number of Topliss-reactive ketones (excluding diaryl/α,β-unsaturated/α-hetero) is 1. The molecule has 0 saturated carbocycles. The lowest BCUT2D eigenvalue weighted by Crippen LogP contribution is -2.57. The van der Waals surface area contributed by atoms with Crippen LogP contribution in [0.3, 0.4) is 0 Å². The van der Waals surface area contributed by atoms with Crippen LogP contribution in [0.5, 0.6) is 11.5 Å². The number of piperidine rings is 1. The molecule has 4 heteroatoms. The lowest BCUT2D eigenvalue weighted by Gasteiger charge is -2.46. The minimum atomic E-state index is 0.0585. The highest BCUT2D eigenvalue weighted by Gasteiger charge is 2.38. The summed E-state index contributed by atoms with van der Waals surface area (Å²) in [7, 11) is 0. The number of ether oxygens (including phenoxy) is 1. The van der Waals surface area contributed by atoms with Crippen molar-refractivity contribution in [3.8, 4) is 11.5 Å². The summed E-state index contributed by atoms with van der Waals surface area (Å²) in [5.41, 5.74) is 0.860. The van der Waals surface area contributed by atoms with Crippen molar-refractivity contribution in [1.29, 1.82) is 0 Å². The van der Waals surface area contributed by atoms with Crippen LogP contribution in [0.25, 0.3) is 0 Å². The van der Waals surface area contributed by atoms with Gasteiger partial charge < -0.3 is 10.1 Å². The number of halogens is 1. The van der Waals surface area contributed by atoms with Gasteiger partial charge in [-0.25, -0.2) is 0 Å². The molecule has 0 radical (unpaired) electrons. The van der Waals surface area contributed by atoms with Crippen molar-refractivity contribution in [1.82, 2.24) is 5.32 Å². The van der Waals surface area contributed by atoms with Crippen molar-refractivity contribution in [3.63, 3.8) is 0 Å². The SMILES string of the molecule is CC1(C)CC(CC(=O)c2ccc(Oc3ccc(Cl)cc3)cc2)CC(C)(C)N1. The average Bonchev–Trinajstić information content (AvgIpc) is 2.54. The van der Waals surface area contributed by atoms with E-state index in [4.69, 9.17) is 16.3 Å². The van der Waals surface area contributed by atoms with Crippen molar-refractivity contribution >= 4 is 17.4 Å². The molecule has 1 aliphatic heterocycles. The van der Waals surface area contributed by atoms with Crippen LogP contribution < -0.4 is 10.1 Å². The number of rotatable bonds is 5. The standard InChI is InChI=1S/C23H28ClNO2/c1-22(2)14-16(15-23(3,4)25-22)13-21(26)17-5-9-19(10-6-17)27-20-11-7-18(24)8-12-20/h5-12,16,25H,13-15H2,1-4H3. The molecule has 0 unspecified atom stereocenters. The van der Waals surface area contributed by atoms with Crippen LogP contribution in [0.1, 0.15) is 57.3 Å². The zero-order chi connectivity index (χ0) is 19.7. The Balaban J connectivity index is 1.63. The molecule has 2 aromatic rings. The Bertz CT molecular complexity index is 778. The Morgan fingerprint density at radius 2 is 1.44 bits per heavy atom. The van der Waals surface area contributed by atoms with E-state index in [1.54, 1.807) is 12.1 Å². The van der Waals surface area contributed by atoms with E-state index in [1.807, 2.05) is 36.4 Å². The highest BCUT2D eigenvalue weighted by atomic mass is 35.5. The van der Waals surface area contributed by atoms with Gasteiger partial charge in [0.05, 0.1) is 0 Å². The molecule has 0 aromatic heterocycles. The van der Waals surface area contributed by atoms with Crippen molar-refractivity contribution in [2.24, 2.45) is 5.92 Å². The number of hydrogen-bond donors (Lipinski definition) is 1. The first-order valence-electron chi connectivity index (χ1n) is 9.48. The number of nitrogens with one attached hydrogen (secondary N) is 1. The first kappa shape index (κ1) is 19.9. The van der Waals surface area contributed by atoms with Crippen LogP contribution in [-0.2, 0) is 0 Å². The number of carbonyl (C=O) groups excluding carboxylic acids is 1. The third-order valence-corrected chi connectivity index (χ3v) is 5.23. The first-order valence-corrected chi connectivity index (χ1v) is 9.86. The fourth-order valence-electron chi connectivity index (χ4n) is 4.41. The summed E-state index contributed by atoms with van der Waals surface area (Å²) in [5, 5.41) is 4.35. The van der Waals surface area contributed by atoms with Gasteiger partial charge in [0.25, 0.3) is 0 Å². The van der Waals surface area contributed by atoms with Gasteiger partial charge in [0.15, 0.2) is 5.78 Å². The average molecular weight is 386 g/mol. The van der Waals surface area contributed by atoms with Gasteiger partial charge in [-0.3, -0.25) is 4.79 Å². The van der Waals surface area contributed by atoms with Crippen LogP contribution in [0, 0.1) is 5.92 Å². The lowest BCUT2D eigenvalue weighted by molar-refractivity contribution is 0.0864. The topological polar surface area (TPSA) is 38.3 Å². The number of ketones is 1. The Kier molecular flexibility index (Phi) is 5.64. The molecule has 0 atom stereocenters. The maximum Gasteiger partial charge on any atom is 0.163 e. The van der Waals surface area contributed by atoms with E-state index in [2.05, 4.69) is 33.0 Å². The summed E-state index contributed by atoms with van der Waals surface area (Å²) < 4.78 is 5.79. The maximum atomic E-state index is 12.8. The Hall–Kier alpha value is -1.84. The second-order valence-corrected chi connectivity index (χ2v) is 9.31. The van der Waals surface area contributed by atoms with Crippen LogP contribution in [0.4, 0.5) is 0 Å². The molecule has 2 aromatic carbocycles. The predicted molar refractivity (Wildman–Crippen MR) is 111 cm³/mol. The molecule has 27 heavy (non-hydrogen) atoms. The largest absolute Gasteiger partial charge is 0.457 e. The fourth-order valence-corrected chi connectivity index (χ4v) is 4.53. The number of benzene rings is 2. The van der Waals surface area contributed by atoms with E-state index < -0.39 is 0 Å². The first-order chi connectivity index (χ1) is 12.6. The minimum absolute atomic E-state index is 0.0585. The van der Waals surface area contributed by atoms with E-state index in [0.717, 1.165) is 24.2 Å². The highest BCUT2D eigenvalue weighted by molar-refractivity contribution is 6.30. The minimum Gasteiger partial charge on any atom is -0.457 e. The van der Waals surface area contributed by atoms with Crippen LogP contribution >= 0.6 is 11.6 Å². The fraction of sp³-hybridized carbons (Fsp3) is 0.435. The molecule has 3 rings (SSSR count). The van der Waals surface area contributed by atoms with Crippen LogP contribution in [0.15, 0.2) is 48.5 Å². The van der Waals surface area contributed by atoms with Crippen LogP contribution in [0.2, 0.25) is 5.02 Å². The highest BCUT2D eigenvalue weighted by Crippen LogP contribution is 2.35. The third-order valence-electron chi connectivity index (χ3n) is 4.97. The molecule has 1 fully saturated rings. The Morgan fingerprint density at radius 1 is 0.963 bits per heavy atom. The van der Waals surface area contributed by atoms with Gasteiger partial charge >= 0.3 is 0 Å². The smallest absolute Gasteiger partial charge is 0.163 e. The van der Waals surface area contributed by atoms with E-state index in [-0.39, 0.29) is 16.9 Å². The van der Waals surface area contributed by atoms with Crippen molar-refractivity contribution in [2.75, 3.05) is 0 Å². The maximum absolute atomic E-state index is 12.8. The van der Waals surface area contributed by atoms with Gasteiger partial charge in [-0.2, -0.15) is 0 Å². The normalized spacial score (nSPS) is 18.9. The molecule has 1 aliphatic rings. The van der Waals surface area contributed by atoms with E-state index in [9.17, 15) is 4.79 Å². The zero-order valence-electron chi connectivity index (χ0n) is 16.5. The van der Waals surface area contributed by atoms with Gasteiger partial charge in [-0.05, 0) is 95.0 Å². The molecule has 3 nitrogen and oxygen atoms in total. The van der Waals surface area contributed by atoms with Crippen LogP contribution in [-0.4, -0.2) is 16.9 Å². The molecule has 0 bridgehead atoms. The van der Waals surface area contributed by atoms with E-state index in [0.29, 0.717) is 23.1 Å². The molecular weight excluding hydrogens is 358 g/mol. The van der Waals surface area contributed by atoms with Gasteiger partial charge in [-0.15, -0.1) is 0 Å². The monoisotopic (exact) mass is 385 g/mol. The quantitative estimate of drug-likeness (QED) is 0.617. The Labute approximate surface area is 167 Å². The summed E-state index contributed by atoms with van der Waals surface area (Å²) in [6, 6.07) is 14.6. The molecule has 0 spiro atoms. The molecule has 0 amide bonds. The molecule has 0 aliphatic carbocycles. The summed E-state index contributed by atoms with van der Waals surface area (Å²) in [6.07, 6.45) is 2.62. The number of hydrogen-bond acceptors (Lipinski definition) is 3. The van der Waals surface area contributed by atoms with Gasteiger partial charge in [-0.1, -0.05) is 11.6 Å². The van der Waals surface area contributed by atoms with Crippen molar-refractivity contribution in [3.05, 3.63) is 59.1 Å². The third kappa shape index (κ3) is 5.57. The van der Waals surface area contributed by atoms with Gasteiger partial charge in [0.2, 0.25) is 0 Å². The van der Waals surface area contributed by atoms with E-state index >= 15 is 0 Å². The molecule has 144 valence electrons. The van der Waals surface area contributed by atoms with Gasteiger partial charge in [0, 0.05) is 28.1 Å². The summed E-state index contributed by atoms with van der Waals surface area (Å²) in [4.78, 5) is 12.8.